The monoisotopic (exact) mass is 392 g/mol. The van der Waals surface area contributed by atoms with E-state index in [1.54, 1.807) is 10.9 Å². The highest BCUT2D eigenvalue weighted by Gasteiger charge is 2.21. The lowest BCUT2D eigenvalue weighted by atomic mass is 10.0. The first-order chi connectivity index (χ1) is 14.0. The van der Waals surface area contributed by atoms with Gasteiger partial charge in [0.05, 0.1) is 5.69 Å². The smallest absolute Gasteiger partial charge is 0.342 e. The predicted octanol–water partition coefficient (Wildman–Crippen LogP) is 2.17. The van der Waals surface area contributed by atoms with Crippen LogP contribution in [-0.2, 0) is 14.3 Å². The van der Waals surface area contributed by atoms with E-state index in [1.807, 2.05) is 61.5 Å². The van der Waals surface area contributed by atoms with Gasteiger partial charge in [-0.25, -0.2) is 9.48 Å². The van der Waals surface area contributed by atoms with E-state index in [4.69, 9.17) is 4.74 Å². The molecular weight excluding hydrogens is 372 g/mol. The van der Waals surface area contributed by atoms with Crippen LogP contribution < -0.4 is 10.9 Å². The standard InChI is InChI=1S/C21H20N4O4/c1-14-8-6-7-11-17(14)20-18(12-25(24-20)16-9-4-3-5-10-16)21(28)29-13-19(27)23-22-15(2)26/h3-12H,13H2,1-2H3,(H,22,26)(H,23,27). The molecule has 8 heteroatoms. The zero-order chi connectivity index (χ0) is 20.8. The van der Waals surface area contributed by atoms with Crippen LogP contribution in [0.25, 0.3) is 16.9 Å². The summed E-state index contributed by atoms with van der Waals surface area (Å²) in [4.78, 5) is 35.2. The van der Waals surface area contributed by atoms with Gasteiger partial charge in [0, 0.05) is 18.7 Å². The zero-order valence-electron chi connectivity index (χ0n) is 16.0. The number of carbonyl (C=O) groups excluding carboxylic acids is 3. The largest absolute Gasteiger partial charge is 0.452 e. The summed E-state index contributed by atoms with van der Waals surface area (Å²) in [6.07, 6.45) is 1.57. The number of para-hydroxylation sites is 1. The zero-order valence-corrected chi connectivity index (χ0v) is 16.0. The average molecular weight is 392 g/mol. The van der Waals surface area contributed by atoms with Crippen LogP contribution in [0.5, 0.6) is 0 Å². The van der Waals surface area contributed by atoms with E-state index < -0.39 is 24.4 Å². The van der Waals surface area contributed by atoms with Gasteiger partial charge in [-0.1, -0.05) is 42.5 Å². The van der Waals surface area contributed by atoms with Crippen molar-refractivity contribution in [3.05, 3.63) is 71.9 Å². The summed E-state index contributed by atoms with van der Waals surface area (Å²) in [5.74, 6) is -1.78. The Bertz CT molecular complexity index is 1040. The first kappa shape index (κ1) is 19.8. The number of nitrogens with zero attached hydrogens (tertiary/aromatic N) is 2. The van der Waals surface area contributed by atoms with E-state index in [0.717, 1.165) is 16.8 Å². The van der Waals surface area contributed by atoms with Crippen LogP contribution in [0, 0.1) is 6.92 Å². The minimum absolute atomic E-state index is 0.232. The van der Waals surface area contributed by atoms with Gasteiger partial charge < -0.3 is 4.74 Å². The molecule has 3 aromatic rings. The number of amides is 2. The average Bonchev–Trinajstić information content (AvgIpc) is 3.16. The Hall–Kier alpha value is -3.94. The molecule has 0 aliphatic heterocycles. The molecule has 0 unspecified atom stereocenters. The Morgan fingerprint density at radius 2 is 1.69 bits per heavy atom. The van der Waals surface area contributed by atoms with E-state index in [-0.39, 0.29) is 5.56 Å². The lowest BCUT2D eigenvalue weighted by Gasteiger charge is -2.07. The van der Waals surface area contributed by atoms with Crippen molar-refractivity contribution in [1.82, 2.24) is 20.6 Å². The van der Waals surface area contributed by atoms with Gasteiger partial charge in [-0.2, -0.15) is 5.10 Å². The van der Waals surface area contributed by atoms with Gasteiger partial charge in [-0.3, -0.25) is 20.4 Å². The molecule has 0 radical (unpaired) electrons. The van der Waals surface area contributed by atoms with Crippen molar-refractivity contribution >= 4 is 17.8 Å². The number of carbonyl (C=O) groups is 3. The van der Waals surface area contributed by atoms with Crippen LogP contribution in [0.4, 0.5) is 0 Å². The maximum absolute atomic E-state index is 12.7. The van der Waals surface area contributed by atoms with Gasteiger partial charge >= 0.3 is 5.97 Å². The number of hydrazine groups is 1. The topological polar surface area (TPSA) is 102 Å². The summed E-state index contributed by atoms with van der Waals surface area (Å²) in [6.45, 7) is 2.63. The lowest BCUT2D eigenvalue weighted by Crippen LogP contribution is -2.42. The van der Waals surface area contributed by atoms with Gasteiger partial charge in [0.15, 0.2) is 6.61 Å². The molecule has 2 aromatic carbocycles. The van der Waals surface area contributed by atoms with E-state index in [1.165, 1.54) is 6.92 Å². The summed E-state index contributed by atoms with van der Waals surface area (Å²) < 4.78 is 6.71. The molecule has 148 valence electrons. The van der Waals surface area contributed by atoms with E-state index in [0.29, 0.717) is 5.69 Å². The fourth-order valence-electron chi connectivity index (χ4n) is 2.68. The van der Waals surface area contributed by atoms with Crippen LogP contribution in [-0.4, -0.2) is 34.2 Å². The molecule has 0 bridgehead atoms. The second-order valence-electron chi connectivity index (χ2n) is 6.29. The molecular formula is C21H20N4O4. The van der Waals surface area contributed by atoms with Crippen molar-refractivity contribution in [2.75, 3.05) is 6.61 Å². The first-order valence-electron chi connectivity index (χ1n) is 8.89. The molecule has 0 aliphatic carbocycles. The molecule has 29 heavy (non-hydrogen) atoms. The minimum atomic E-state index is -0.691. The number of hydrogen-bond acceptors (Lipinski definition) is 5. The molecule has 0 saturated heterocycles. The molecule has 2 amide bonds. The number of esters is 1. The Morgan fingerprint density at radius 3 is 2.38 bits per heavy atom. The summed E-state index contributed by atoms with van der Waals surface area (Å²) in [7, 11) is 0. The van der Waals surface area contributed by atoms with Crippen LogP contribution in [0.15, 0.2) is 60.8 Å². The van der Waals surface area contributed by atoms with Crippen molar-refractivity contribution in [1.29, 1.82) is 0 Å². The highest BCUT2D eigenvalue weighted by atomic mass is 16.5. The molecule has 2 N–H and O–H groups in total. The maximum Gasteiger partial charge on any atom is 0.342 e. The van der Waals surface area contributed by atoms with Crippen molar-refractivity contribution in [2.24, 2.45) is 0 Å². The number of hydrogen-bond donors (Lipinski definition) is 2. The molecule has 8 nitrogen and oxygen atoms in total. The van der Waals surface area contributed by atoms with Crippen molar-refractivity contribution in [2.45, 2.75) is 13.8 Å². The number of ether oxygens (including phenoxy) is 1. The Labute approximate surface area is 167 Å². The molecule has 0 saturated carbocycles. The lowest BCUT2D eigenvalue weighted by molar-refractivity contribution is -0.129. The van der Waals surface area contributed by atoms with Gasteiger partial charge in [0.25, 0.3) is 5.91 Å². The summed E-state index contributed by atoms with van der Waals surface area (Å²) in [5.41, 5.74) is 7.48. The number of aromatic nitrogens is 2. The van der Waals surface area contributed by atoms with E-state index >= 15 is 0 Å². The predicted molar refractivity (Wildman–Crippen MR) is 106 cm³/mol. The van der Waals surface area contributed by atoms with Crippen LogP contribution in [0.2, 0.25) is 0 Å². The fourth-order valence-corrected chi connectivity index (χ4v) is 2.68. The summed E-state index contributed by atoms with van der Waals surface area (Å²) in [6, 6.07) is 16.9. The van der Waals surface area contributed by atoms with Crippen LogP contribution in [0.3, 0.4) is 0 Å². The maximum atomic E-state index is 12.7. The number of rotatable bonds is 5. The number of benzene rings is 2. The van der Waals surface area contributed by atoms with Gasteiger partial charge in [0.1, 0.15) is 11.3 Å². The van der Waals surface area contributed by atoms with Crippen molar-refractivity contribution < 1.29 is 19.1 Å². The first-order valence-corrected chi connectivity index (χ1v) is 8.89. The van der Waals surface area contributed by atoms with Crippen LogP contribution >= 0.6 is 0 Å². The Morgan fingerprint density at radius 1 is 1.00 bits per heavy atom. The molecule has 0 atom stereocenters. The quantitative estimate of drug-likeness (QED) is 0.512. The summed E-state index contributed by atoms with van der Waals surface area (Å²) in [5, 5.41) is 4.58. The fraction of sp³-hybridized carbons (Fsp3) is 0.143. The molecule has 0 spiro atoms. The third-order valence-corrected chi connectivity index (χ3v) is 4.07. The number of nitrogens with one attached hydrogen (secondary N) is 2. The Kier molecular flexibility index (Phi) is 6.03. The minimum Gasteiger partial charge on any atom is -0.452 e. The van der Waals surface area contributed by atoms with Crippen molar-refractivity contribution in [3.63, 3.8) is 0 Å². The number of aryl methyl sites for hydroxylation is 1. The third kappa shape index (κ3) is 4.86. The molecule has 1 heterocycles. The summed E-state index contributed by atoms with van der Waals surface area (Å²) >= 11 is 0. The molecule has 3 rings (SSSR count). The second kappa shape index (κ2) is 8.83. The highest BCUT2D eigenvalue weighted by molar-refractivity contribution is 5.97. The normalized spacial score (nSPS) is 10.3. The second-order valence-corrected chi connectivity index (χ2v) is 6.29. The Balaban J connectivity index is 1.89. The van der Waals surface area contributed by atoms with Gasteiger partial charge in [-0.15, -0.1) is 0 Å². The molecule has 1 aromatic heterocycles. The van der Waals surface area contributed by atoms with Crippen LogP contribution in [0.1, 0.15) is 22.8 Å². The SMILES string of the molecule is CC(=O)NNC(=O)COC(=O)c1cn(-c2ccccc2)nc1-c1ccccc1C. The van der Waals surface area contributed by atoms with Crippen molar-refractivity contribution in [3.8, 4) is 16.9 Å². The molecule has 0 fully saturated rings. The highest BCUT2D eigenvalue weighted by Crippen LogP contribution is 2.27. The van der Waals surface area contributed by atoms with Gasteiger partial charge in [-0.05, 0) is 24.6 Å². The van der Waals surface area contributed by atoms with E-state index in [9.17, 15) is 14.4 Å². The van der Waals surface area contributed by atoms with Gasteiger partial charge in [0.2, 0.25) is 5.91 Å². The van der Waals surface area contributed by atoms with E-state index in [2.05, 4.69) is 16.0 Å². The molecule has 0 aliphatic rings. The third-order valence-electron chi connectivity index (χ3n) is 4.07.